The van der Waals surface area contributed by atoms with Crippen LogP contribution in [-0.2, 0) is 17.8 Å². The van der Waals surface area contributed by atoms with E-state index in [-0.39, 0.29) is 18.2 Å². The minimum Gasteiger partial charge on any atom is -0.369 e. The lowest BCUT2D eigenvalue weighted by atomic mass is 9.99. The number of halogens is 2. The molecule has 0 aliphatic heterocycles. The van der Waals surface area contributed by atoms with Crippen LogP contribution < -0.4 is 11.1 Å². The van der Waals surface area contributed by atoms with Crippen molar-refractivity contribution in [1.82, 2.24) is 10.2 Å². The van der Waals surface area contributed by atoms with Gasteiger partial charge in [0.2, 0.25) is 5.91 Å². The van der Waals surface area contributed by atoms with Crippen LogP contribution in [0.1, 0.15) is 18.1 Å². The topological polar surface area (TPSA) is 70.7 Å². The molecule has 0 spiro atoms. The van der Waals surface area contributed by atoms with E-state index in [1.54, 1.807) is 24.3 Å². The van der Waals surface area contributed by atoms with Gasteiger partial charge in [0.1, 0.15) is 11.6 Å². The SMILES string of the molecule is CCNC(=NCC(Cc1ccc(F)cc1)C(N)=O)N(C)Cc1ccc(F)cc1. The lowest BCUT2D eigenvalue weighted by Crippen LogP contribution is -2.39. The number of guanidine groups is 1. The fourth-order valence-corrected chi connectivity index (χ4v) is 2.77. The molecule has 0 saturated carbocycles. The van der Waals surface area contributed by atoms with Crippen LogP contribution in [0.25, 0.3) is 0 Å². The van der Waals surface area contributed by atoms with Crippen molar-refractivity contribution in [2.45, 2.75) is 19.9 Å². The second kappa shape index (κ2) is 10.4. The summed E-state index contributed by atoms with van der Waals surface area (Å²) in [5.74, 6) is -0.938. The van der Waals surface area contributed by atoms with Gasteiger partial charge in [-0.3, -0.25) is 9.79 Å². The molecule has 7 heteroatoms. The molecule has 0 fully saturated rings. The number of nitrogens with one attached hydrogen (secondary N) is 1. The summed E-state index contributed by atoms with van der Waals surface area (Å²) in [6, 6.07) is 12.3. The number of carbonyl (C=O) groups is 1. The number of hydrogen-bond acceptors (Lipinski definition) is 2. The van der Waals surface area contributed by atoms with E-state index in [4.69, 9.17) is 5.73 Å². The first-order valence-corrected chi connectivity index (χ1v) is 9.16. The van der Waals surface area contributed by atoms with Crippen molar-refractivity contribution in [3.63, 3.8) is 0 Å². The molecule has 2 rings (SSSR count). The van der Waals surface area contributed by atoms with E-state index in [1.807, 2.05) is 18.9 Å². The van der Waals surface area contributed by atoms with E-state index in [1.165, 1.54) is 24.3 Å². The van der Waals surface area contributed by atoms with Crippen LogP contribution in [0, 0.1) is 17.6 Å². The molecule has 0 heterocycles. The van der Waals surface area contributed by atoms with Gasteiger partial charge >= 0.3 is 0 Å². The molecule has 2 aromatic carbocycles. The molecular weight excluding hydrogens is 362 g/mol. The summed E-state index contributed by atoms with van der Waals surface area (Å²) >= 11 is 0. The summed E-state index contributed by atoms with van der Waals surface area (Å²) in [5.41, 5.74) is 7.30. The van der Waals surface area contributed by atoms with Gasteiger partial charge in [0.25, 0.3) is 0 Å². The van der Waals surface area contributed by atoms with Gasteiger partial charge in [-0.05, 0) is 48.7 Å². The van der Waals surface area contributed by atoms with Crippen molar-refractivity contribution in [3.05, 3.63) is 71.3 Å². The fraction of sp³-hybridized carbons (Fsp3) is 0.333. The Labute approximate surface area is 164 Å². The van der Waals surface area contributed by atoms with Crippen molar-refractivity contribution >= 4 is 11.9 Å². The Morgan fingerprint density at radius 1 is 1.07 bits per heavy atom. The zero-order valence-corrected chi connectivity index (χ0v) is 16.2. The summed E-state index contributed by atoms with van der Waals surface area (Å²) in [6.45, 7) is 3.35. The second-order valence-electron chi connectivity index (χ2n) is 6.61. The quantitative estimate of drug-likeness (QED) is 0.540. The van der Waals surface area contributed by atoms with Gasteiger partial charge in [-0.15, -0.1) is 0 Å². The molecule has 1 amide bonds. The standard InChI is InChI=1S/C21H26F2N4O/c1-3-25-21(27(2)14-16-6-10-19(23)11-7-16)26-13-17(20(24)28)12-15-4-8-18(22)9-5-15/h4-11,17H,3,12-14H2,1-2H3,(H2,24,28)(H,25,26). The predicted octanol–water partition coefficient (Wildman–Crippen LogP) is 2.71. The summed E-state index contributed by atoms with van der Waals surface area (Å²) in [6.07, 6.45) is 0.389. The Morgan fingerprint density at radius 3 is 2.11 bits per heavy atom. The Kier molecular flexibility index (Phi) is 7.92. The van der Waals surface area contributed by atoms with Gasteiger partial charge in [0.15, 0.2) is 5.96 Å². The smallest absolute Gasteiger partial charge is 0.222 e. The van der Waals surface area contributed by atoms with E-state index in [2.05, 4.69) is 10.3 Å². The molecule has 2 aromatic rings. The molecule has 150 valence electrons. The van der Waals surface area contributed by atoms with Gasteiger partial charge in [0, 0.05) is 20.1 Å². The maximum absolute atomic E-state index is 13.1. The third kappa shape index (κ3) is 6.64. The molecule has 1 atom stereocenters. The Balaban J connectivity index is 2.07. The van der Waals surface area contributed by atoms with E-state index < -0.39 is 11.8 Å². The van der Waals surface area contributed by atoms with Gasteiger partial charge in [0.05, 0.1) is 12.5 Å². The number of rotatable bonds is 8. The number of benzene rings is 2. The first kappa shape index (κ1) is 21.3. The summed E-state index contributed by atoms with van der Waals surface area (Å²) in [4.78, 5) is 18.3. The summed E-state index contributed by atoms with van der Waals surface area (Å²) in [7, 11) is 1.87. The summed E-state index contributed by atoms with van der Waals surface area (Å²) < 4.78 is 26.1. The van der Waals surface area contributed by atoms with Crippen LogP contribution in [0.3, 0.4) is 0 Å². The third-order valence-electron chi connectivity index (χ3n) is 4.29. The molecule has 0 aliphatic carbocycles. The predicted molar refractivity (Wildman–Crippen MR) is 107 cm³/mol. The molecule has 0 radical (unpaired) electrons. The van der Waals surface area contributed by atoms with Crippen LogP contribution in [0.15, 0.2) is 53.5 Å². The minimum absolute atomic E-state index is 0.211. The molecular formula is C21H26F2N4O. The average Bonchev–Trinajstić information content (AvgIpc) is 2.67. The van der Waals surface area contributed by atoms with Crippen molar-refractivity contribution in [2.75, 3.05) is 20.1 Å². The van der Waals surface area contributed by atoms with Crippen molar-refractivity contribution < 1.29 is 13.6 Å². The lowest BCUT2D eigenvalue weighted by molar-refractivity contribution is -0.121. The highest BCUT2D eigenvalue weighted by molar-refractivity contribution is 5.81. The van der Waals surface area contributed by atoms with Gasteiger partial charge in [-0.25, -0.2) is 8.78 Å². The highest BCUT2D eigenvalue weighted by Crippen LogP contribution is 2.11. The Morgan fingerprint density at radius 2 is 1.61 bits per heavy atom. The Bertz CT molecular complexity index is 791. The van der Waals surface area contributed by atoms with Crippen LogP contribution >= 0.6 is 0 Å². The first-order chi connectivity index (χ1) is 13.4. The molecule has 3 N–H and O–H groups in total. The molecule has 0 aromatic heterocycles. The van der Waals surface area contributed by atoms with Crippen molar-refractivity contribution in [2.24, 2.45) is 16.6 Å². The summed E-state index contributed by atoms with van der Waals surface area (Å²) in [5, 5.41) is 3.18. The zero-order valence-electron chi connectivity index (χ0n) is 16.2. The van der Waals surface area contributed by atoms with Crippen molar-refractivity contribution in [3.8, 4) is 0 Å². The number of nitrogens with zero attached hydrogens (tertiary/aromatic N) is 2. The fourth-order valence-electron chi connectivity index (χ4n) is 2.77. The first-order valence-electron chi connectivity index (χ1n) is 9.16. The number of hydrogen-bond donors (Lipinski definition) is 2. The Hall–Kier alpha value is -2.96. The molecule has 1 unspecified atom stereocenters. The maximum Gasteiger partial charge on any atom is 0.222 e. The van der Waals surface area contributed by atoms with E-state index >= 15 is 0 Å². The van der Waals surface area contributed by atoms with Crippen LogP contribution in [0.4, 0.5) is 8.78 Å². The number of nitrogens with two attached hydrogens (primary N) is 1. The monoisotopic (exact) mass is 388 g/mol. The van der Waals surface area contributed by atoms with Crippen LogP contribution in [0.2, 0.25) is 0 Å². The van der Waals surface area contributed by atoms with Crippen molar-refractivity contribution in [1.29, 1.82) is 0 Å². The molecule has 5 nitrogen and oxygen atoms in total. The van der Waals surface area contributed by atoms with Gasteiger partial charge in [-0.1, -0.05) is 24.3 Å². The third-order valence-corrected chi connectivity index (χ3v) is 4.29. The highest BCUT2D eigenvalue weighted by Gasteiger charge is 2.17. The van der Waals surface area contributed by atoms with Crippen LogP contribution in [0.5, 0.6) is 0 Å². The second-order valence-corrected chi connectivity index (χ2v) is 6.61. The van der Waals surface area contributed by atoms with Crippen LogP contribution in [-0.4, -0.2) is 36.9 Å². The molecule has 0 saturated heterocycles. The normalized spacial score (nSPS) is 12.5. The van der Waals surface area contributed by atoms with E-state index in [0.29, 0.717) is 25.5 Å². The van der Waals surface area contributed by atoms with Gasteiger partial charge in [-0.2, -0.15) is 0 Å². The lowest BCUT2D eigenvalue weighted by Gasteiger charge is -2.23. The number of primary amides is 1. The minimum atomic E-state index is -0.502. The molecule has 28 heavy (non-hydrogen) atoms. The van der Waals surface area contributed by atoms with Gasteiger partial charge < -0.3 is 16.0 Å². The number of amides is 1. The molecule has 0 aliphatic rings. The van der Waals surface area contributed by atoms with E-state index in [0.717, 1.165) is 11.1 Å². The number of aliphatic imine (C=N–C) groups is 1. The molecule has 0 bridgehead atoms. The average molecular weight is 388 g/mol. The maximum atomic E-state index is 13.1. The zero-order chi connectivity index (χ0) is 20.5. The largest absolute Gasteiger partial charge is 0.369 e. The van der Waals surface area contributed by atoms with E-state index in [9.17, 15) is 13.6 Å². The highest BCUT2D eigenvalue weighted by atomic mass is 19.1. The number of carbonyl (C=O) groups excluding carboxylic acids is 1.